The molecule has 7 nitrogen and oxygen atoms in total. The highest BCUT2D eigenvalue weighted by atomic mass is 127. The SMILES string of the molecule is N#Cc1cc(I)c(OCC(C#N)NC2CC2)c([N+](=O)[O-])c1. The average molecular weight is 398 g/mol. The molecule has 1 atom stereocenters. The van der Waals surface area contributed by atoms with E-state index in [2.05, 4.69) is 11.4 Å². The van der Waals surface area contributed by atoms with Crippen molar-refractivity contribution in [3.05, 3.63) is 31.4 Å². The van der Waals surface area contributed by atoms with Gasteiger partial charge < -0.3 is 4.74 Å². The average Bonchev–Trinajstić information content (AvgIpc) is 3.27. The second-order valence-electron chi connectivity index (χ2n) is 4.61. The fourth-order valence-electron chi connectivity index (χ4n) is 1.75. The van der Waals surface area contributed by atoms with Crippen LogP contribution in [0.3, 0.4) is 0 Å². The summed E-state index contributed by atoms with van der Waals surface area (Å²) in [4.78, 5) is 10.5. The van der Waals surface area contributed by atoms with Crippen LogP contribution in [0.5, 0.6) is 5.75 Å². The first-order valence-corrected chi connectivity index (χ1v) is 7.29. The molecule has 1 aromatic carbocycles. The Morgan fingerprint density at radius 3 is 2.76 bits per heavy atom. The first kappa shape index (κ1) is 15.5. The molecule has 1 unspecified atom stereocenters. The van der Waals surface area contributed by atoms with E-state index in [1.807, 2.05) is 28.7 Å². The summed E-state index contributed by atoms with van der Waals surface area (Å²) in [6.07, 6.45) is 2.07. The van der Waals surface area contributed by atoms with Crippen LogP contribution in [0.4, 0.5) is 5.69 Å². The summed E-state index contributed by atoms with van der Waals surface area (Å²) in [6, 6.07) is 6.46. The molecular formula is C13H11IN4O3. The molecular weight excluding hydrogens is 387 g/mol. The van der Waals surface area contributed by atoms with Crippen molar-refractivity contribution in [2.24, 2.45) is 0 Å². The Balaban J connectivity index is 2.16. The van der Waals surface area contributed by atoms with Crippen LogP contribution in [0.2, 0.25) is 0 Å². The Hall–Kier alpha value is -1.91. The molecule has 21 heavy (non-hydrogen) atoms. The van der Waals surface area contributed by atoms with Crippen molar-refractivity contribution in [3.63, 3.8) is 0 Å². The van der Waals surface area contributed by atoms with Crippen molar-refractivity contribution in [3.8, 4) is 17.9 Å². The molecule has 1 aliphatic carbocycles. The summed E-state index contributed by atoms with van der Waals surface area (Å²) in [5.41, 5.74) is -0.0621. The van der Waals surface area contributed by atoms with Crippen molar-refractivity contribution in [1.82, 2.24) is 5.32 Å². The molecule has 1 aromatic rings. The van der Waals surface area contributed by atoms with Crippen molar-refractivity contribution in [2.75, 3.05) is 6.61 Å². The minimum Gasteiger partial charge on any atom is -0.483 e. The molecule has 8 heteroatoms. The van der Waals surface area contributed by atoms with Crippen molar-refractivity contribution >= 4 is 28.3 Å². The molecule has 1 aliphatic rings. The van der Waals surface area contributed by atoms with E-state index in [0.29, 0.717) is 9.61 Å². The first-order valence-electron chi connectivity index (χ1n) is 6.21. The quantitative estimate of drug-likeness (QED) is 0.446. The van der Waals surface area contributed by atoms with Gasteiger partial charge in [-0.15, -0.1) is 0 Å². The second-order valence-corrected chi connectivity index (χ2v) is 5.77. The van der Waals surface area contributed by atoms with E-state index in [1.54, 1.807) is 0 Å². The van der Waals surface area contributed by atoms with E-state index in [9.17, 15) is 10.1 Å². The lowest BCUT2D eigenvalue weighted by Crippen LogP contribution is -2.35. The van der Waals surface area contributed by atoms with Gasteiger partial charge in [0.25, 0.3) is 0 Å². The van der Waals surface area contributed by atoms with Gasteiger partial charge in [0.2, 0.25) is 5.75 Å². The lowest BCUT2D eigenvalue weighted by Gasteiger charge is -2.13. The van der Waals surface area contributed by atoms with Gasteiger partial charge in [0.15, 0.2) is 0 Å². The van der Waals surface area contributed by atoms with Gasteiger partial charge in [-0.3, -0.25) is 15.4 Å². The van der Waals surface area contributed by atoms with Gasteiger partial charge in [-0.05, 0) is 41.5 Å². The van der Waals surface area contributed by atoms with Gasteiger partial charge in [0.1, 0.15) is 12.6 Å². The smallest absolute Gasteiger partial charge is 0.313 e. The number of ether oxygens (including phenoxy) is 1. The zero-order chi connectivity index (χ0) is 15.4. The highest BCUT2D eigenvalue weighted by Gasteiger charge is 2.26. The summed E-state index contributed by atoms with van der Waals surface area (Å²) in [7, 11) is 0. The monoisotopic (exact) mass is 398 g/mol. The number of hydrogen-bond donors (Lipinski definition) is 1. The highest BCUT2D eigenvalue weighted by molar-refractivity contribution is 14.1. The number of nitrogens with one attached hydrogen (secondary N) is 1. The van der Waals surface area contributed by atoms with Crippen molar-refractivity contribution in [2.45, 2.75) is 24.9 Å². The number of hydrogen-bond acceptors (Lipinski definition) is 6. The van der Waals surface area contributed by atoms with Gasteiger partial charge in [-0.1, -0.05) is 0 Å². The second kappa shape index (κ2) is 6.70. The topological polar surface area (TPSA) is 112 Å². The fraction of sp³-hybridized carbons (Fsp3) is 0.385. The predicted octanol–water partition coefficient (Wildman–Crippen LogP) is 2.09. The third-order valence-corrected chi connectivity index (χ3v) is 3.72. The molecule has 0 saturated heterocycles. The van der Waals surface area contributed by atoms with E-state index >= 15 is 0 Å². The standard InChI is InChI=1S/C13H11IN4O3/c14-11-3-8(5-15)4-12(18(19)20)13(11)21-7-10(6-16)17-9-1-2-9/h3-4,9-10,17H,1-2,7H2. The first-order chi connectivity index (χ1) is 10.0. The van der Waals surface area contributed by atoms with Gasteiger partial charge in [0.05, 0.1) is 26.2 Å². The molecule has 1 N–H and O–H groups in total. The van der Waals surface area contributed by atoms with Crippen LogP contribution in [-0.4, -0.2) is 23.6 Å². The van der Waals surface area contributed by atoms with E-state index < -0.39 is 11.0 Å². The summed E-state index contributed by atoms with van der Waals surface area (Å²) in [6.45, 7) is 0.0236. The Kier molecular flexibility index (Phi) is 4.94. The minimum atomic E-state index is -0.589. The normalized spacial score (nSPS) is 14.8. The largest absolute Gasteiger partial charge is 0.483 e. The molecule has 0 amide bonds. The molecule has 0 spiro atoms. The van der Waals surface area contributed by atoms with E-state index in [0.717, 1.165) is 12.8 Å². The molecule has 0 aliphatic heterocycles. The number of nitriles is 2. The predicted molar refractivity (Wildman–Crippen MR) is 81.6 cm³/mol. The van der Waals surface area contributed by atoms with Gasteiger partial charge in [-0.2, -0.15) is 10.5 Å². The third-order valence-electron chi connectivity index (χ3n) is 2.91. The van der Waals surface area contributed by atoms with Gasteiger partial charge >= 0.3 is 5.69 Å². The van der Waals surface area contributed by atoms with Gasteiger partial charge in [-0.25, -0.2) is 0 Å². The molecule has 1 fully saturated rings. The lowest BCUT2D eigenvalue weighted by atomic mass is 10.2. The Morgan fingerprint density at radius 1 is 1.52 bits per heavy atom. The number of halogens is 1. The Morgan fingerprint density at radius 2 is 2.24 bits per heavy atom. The molecule has 2 rings (SSSR count). The number of nitro benzene ring substituents is 1. The van der Waals surface area contributed by atoms with Crippen molar-refractivity contribution < 1.29 is 9.66 Å². The highest BCUT2D eigenvalue weighted by Crippen LogP contribution is 2.33. The number of nitrogens with zero attached hydrogens (tertiary/aromatic N) is 3. The van der Waals surface area contributed by atoms with Crippen LogP contribution in [0, 0.1) is 36.3 Å². The maximum atomic E-state index is 11.1. The van der Waals surface area contributed by atoms with E-state index in [4.69, 9.17) is 15.3 Å². The lowest BCUT2D eigenvalue weighted by molar-refractivity contribution is -0.386. The fourth-order valence-corrected chi connectivity index (χ4v) is 2.51. The maximum Gasteiger partial charge on any atom is 0.313 e. The van der Waals surface area contributed by atoms with Crippen molar-refractivity contribution in [1.29, 1.82) is 10.5 Å². The van der Waals surface area contributed by atoms with E-state index in [1.165, 1.54) is 12.1 Å². The zero-order valence-electron chi connectivity index (χ0n) is 10.9. The minimum absolute atomic E-state index is 0.0236. The van der Waals surface area contributed by atoms with E-state index in [-0.39, 0.29) is 23.6 Å². The summed E-state index contributed by atoms with van der Waals surface area (Å²) in [5.74, 6) is 0.0949. The van der Waals surface area contributed by atoms with Crippen LogP contribution in [0.15, 0.2) is 12.1 Å². The maximum absolute atomic E-state index is 11.1. The molecule has 0 radical (unpaired) electrons. The van der Waals surface area contributed by atoms with Crippen LogP contribution in [-0.2, 0) is 0 Å². The molecule has 1 saturated carbocycles. The Labute approximate surface area is 134 Å². The molecule has 108 valence electrons. The number of rotatable bonds is 6. The van der Waals surface area contributed by atoms with Crippen LogP contribution in [0.1, 0.15) is 18.4 Å². The summed E-state index contributed by atoms with van der Waals surface area (Å²) >= 11 is 1.88. The number of nitro groups is 1. The third kappa shape index (κ3) is 4.03. The van der Waals surface area contributed by atoms with Gasteiger partial charge in [0, 0.05) is 12.1 Å². The summed E-state index contributed by atoms with van der Waals surface area (Å²) < 4.78 is 5.94. The number of benzene rings is 1. The Bertz CT molecular complexity index is 646. The molecule has 0 heterocycles. The van der Waals surface area contributed by atoms with Crippen LogP contribution in [0.25, 0.3) is 0 Å². The van der Waals surface area contributed by atoms with Crippen LogP contribution >= 0.6 is 22.6 Å². The summed E-state index contributed by atoms with van der Waals surface area (Å²) in [5, 5.41) is 32.1. The molecule has 0 bridgehead atoms. The van der Waals surface area contributed by atoms with Crippen LogP contribution < -0.4 is 10.1 Å². The zero-order valence-corrected chi connectivity index (χ0v) is 13.0. The molecule has 0 aromatic heterocycles.